The van der Waals surface area contributed by atoms with E-state index >= 15 is 0 Å². The fraction of sp³-hybridized carbons (Fsp3) is 0.667. The number of rotatable bonds is 16. The fourth-order valence-electron chi connectivity index (χ4n) is 2.53. The minimum absolute atomic E-state index is 0.315. The fourth-order valence-corrected chi connectivity index (χ4v) is 3.02. The molecular formula is C18H32N6O8S. The first kappa shape index (κ1) is 30.1. The molecule has 0 heterocycles. The summed E-state index contributed by atoms with van der Waals surface area (Å²) in [5.74, 6) is -5.48. The lowest BCUT2D eigenvalue weighted by Gasteiger charge is -2.26. The summed E-state index contributed by atoms with van der Waals surface area (Å²) in [6.07, 6.45) is -0.626. The molecule has 5 atom stereocenters. The number of carboxylic acids is 1. The molecule has 0 saturated heterocycles. The molecule has 5 unspecified atom stereocenters. The number of hydrogen-bond donors (Lipinski definition) is 8. The van der Waals surface area contributed by atoms with E-state index in [-0.39, 0.29) is 12.8 Å². The molecule has 0 aliphatic carbocycles. The number of carboxylic acid groups (broad SMARTS) is 1. The van der Waals surface area contributed by atoms with Gasteiger partial charge in [-0.25, -0.2) is 4.79 Å². The van der Waals surface area contributed by atoms with Crippen molar-refractivity contribution < 1.29 is 39.0 Å². The quantitative estimate of drug-likeness (QED) is 0.104. The van der Waals surface area contributed by atoms with Crippen LogP contribution < -0.4 is 33.2 Å². The summed E-state index contributed by atoms with van der Waals surface area (Å²) in [5, 5.41) is 25.7. The van der Waals surface area contributed by atoms with Gasteiger partial charge in [0.15, 0.2) is 0 Å². The van der Waals surface area contributed by atoms with Crippen LogP contribution in [-0.2, 0) is 28.8 Å². The lowest BCUT2D eigenvalue weighted by Crippen LogP contribution is -2.60. The van der Waals surface area contributed by atoms with Crippen molar-refractivity contribution in [1.29, 1.82) is 0 Å². The standard InChI is InChI=1S/C18H32N6O8S/c1-8(25)14(24-15(28)9(19)5-6-33-2)17(30)23-11(7-13(21)27)16(29)22-10(18(31)32)3-4-12(20)26/h8-11,14,25H,3-7,19H2,1-2H3,(H2,20,26)(H2,21,27)(H,22,29)(H,23,30)(H,24,28)(H,31,32). The van der Waals surface area contributed by atoms with Crippen molar-refractivity contribution in [1.82, 2.24) is 16.0 Å². The second kappa shape index (κ2) is 15.0. The van der Waals surface area contributed by atoms with Crippen molar-refractivity contribution in [2.24, 2.45) is 17.2 Å². The van der Waals surface area contributed by atoms with Crippen molar-refractivity contribution in [2.75, 3.05) is 12.0 Å². The number of nitrogens with one attached hydrogen (secondary N) is 3. The van der Waals surface area contributed by atoms with Crippen LogP contribution in [0.25, 0.3) is 0 Å². The number of aliphatic carboxylic acids is 1. The van der Waals surface area contributed by atoms with E-state index < -0.39 is 72.2 Å². The van der Waals surface area contributed by atoms with E-state index in [1.807, 2.05) is 6.26 Å². The van der Waals surface area contributed by atoms with E-state index in [2.05, 4.69) is 16.0 Å². The molecule has 0 aromatic rings. The van der Waals surface area contributed by atoms with Gasteiger partial charge in [-0.1, -0.05) is 0 Å². The van der Waals surface area contributed by atoms with Crippen molar-refractivity contribution in [3.63, 3.8) is 0 Å². The summed E-state index contributed by atoms with van der Waals surface area (Å²) in [6, 6.07) is -5.61. The molecule has 0 aromatic heterocycles. The van der Waals surface area contributed by atoms with Gasteiger partial charge in [0.25, 0.3) is 0 Å². The summed E-state index contributed by atoms with van der Waals surface area (Å²) in [7, 11) is 0. The number of thioether (sulfide) groups is 1. The molecule has 188 valence electrons. The average molecular weight is 493 g/mol. The van der Waals surface area contributed by atoms with Gasteiger partial charge in [-0.3, -0.25) is 24.0 Å². The van der Waals surface area contributed by atoms with E-state index in [1.165, 1.54) is 18.7 Å². The molecule has 0 aromatic carbocycles. The van der Waals surface area contributed by atoms with Crippen molar-refractivity contribution >= 4 is 47.3 Å². The average Bonchev–Trinajstić information content (AvgIpc) is 2.70. The molecule has 0 aliphatic rings. The number of aliphatic hydroxyl groups is 1. The molecule has 0 saturated carbocycles. The third kappa shape index (κ3) is 12.1. The molecule has 15 heteroatoms. The zero-order valence-corrected chi connectivity index (χ0v) is 19.2. The highest BCUT2D eigenvalue weighted by Crippen LogP contribution is 2.04. The zero-order chi connectivity index (χ0) is 25.7. The van der Waals surface area contributed by atoms with E-state index in [1.54, 1.807) is 0 Å². The number of nitrogens with two attached hydrogens (primary N) is 3. The normalized spacial score (nSPS) is 15.3. The van der Waals surface area contributed by atoms with Crippen LogP contribution in [-0.4, -0.2) is 88.0 Å². The molecule has 33 heavy (non-hydrogen) atoms. The molecule has 0 rings (SSSR count). The van der Waals surface area contributed by atoms with Crippen LogP contribution in [0.2, 0.25) is 0 Å². The SMILES string of the molecule is CSCCC(N)C(=O)NC(C(=O)NC(CC(N)=O)C(=O)NC(CCC(N)=O)C(=O)O)C(C)O. The molecule has 14 nitrogen and oxygen atoms in total. The first-order valence-corrected chi connectivity index (χ1v) is 11.3. The van der Waals surface area contributed by atoms with E-state index in [0.717, 1.165) is 0 Å². The topological polar surface area (TPSA) is 257 Å². The summed E-state index contributed by atoms with van der Waals surface area (Å²) in [4.78, 5) is 71.0. The van der Waals surface area contributed by atoms with Gasteiger partial charge in [0, 0.05) is 6.42 Å². The van der Waals surface area contributed by atoms with Gasteiger partial charge in [0.1, 0.15) is 18.1 Å². The van der Waals surface area contributed by atoms with Crippen LogP contribution in [0.1, 0.15) is 32.6 Å². The number of hydrogen-bond acceptors (Lipinski definition) is 9. The minimum Gasteiger partial charge on any atom is -0.480 e. The summed E-state index contributed by atoms with van der Waals surface area (Å²) < 4.78 is 0. The number of carbonyl (C=O) groups excluding carboxylic acids is 5. The maximum absolute atomic E-state index is 12.6. The van der Waals surface area contributed by atoms with Gasteiger partial charge in [-0.2, -0.15) is 11.8 Å². The maximum atomic E-state index is 12.6. The Morgan fingerprint density at radius 1 is 0.879 bits per heavy atom. The van der Waals surface area contributed by atoms with Crippen molar-refractivity contribution in [3.05, 3.63) is 0 Å². The zero-order valence-electron chi connectivity index (χ0n) is 18.4. The smallest absolute Gasteiger partial charge is 0.326 e. The number of aliphatic hydroxyl groups excluding tert-OH is 1. The Morgan fingerprint density at radius 2 is 1.45 bits per heavy atom. The highest BCUT2D eigenvalue weighted by molar-refractivity contribution is 7.98. The Labute approximate surface area is 194 Å². The van der Waals surface area contributed by atoms with Crippen LogP contribution in [0.4, 0.5) is 0 Å². The first-order valence-electron chi connectivity index (χ1n) is 9.93. The second-order valence-electron chi connectivity index (χ2n) is 7.25. The van der Waals surface area contributed by atoms with E-state index in [0.29, 0.717) is 12.2 Å². The number of amides is 5. The third-order valence-corrected chi connectivity index (χ3v) is 5.01. The lowest BCUT2D eigenvalue weighted by molar-refractivity contribution is -0.143. The maximum Gasteiger partial charge on any atom is 0.326 e. The van der Waals surface area contributed by atoms with E-state index in [4.69, 9.17) is 17.2 Å². The van der Waals surface area contributed by atoms with Crippen LogP contribution >= 0.6 is 11.8 Å². The minimum atomic E-state index is -1.62. The first-order chi connectivity index (χ1) is 15.3. The predicted octanol–water partition coefficient (Wildman–Crippen LogP) is -3.87. The lowest BCUT2D eigenvalue weighted by atomic mass is 10.1. The highest BCUT2D eigenvalue weighted by Gasteiger charge is 2.33. The summed E-state index contributed by atoms with van der Waals surface area (Å²) in [6.45, 7) is 1.21. The van der Waals surface area contributed by atoms with Crippen LogP contribution in [0, 0.1) is 0 Å². The van der Waals surface area contributed by atoms with Gasteiger partial charge >= 0.3 is 5.97 Å². The van der Waals surface area contributed by atoms with Gasteiger partial charge in [-0.05, 0) is 31.8 Å². The molecule has 0 radical (unpaired) electrons. The summed E-state index contributed by atoms with van der Waals surface area (Å²) in [5.41, 5.74) is 15.8. The Balaban J connectivity index is 5.41. The molecule has 0 fully saturated rings. The molecule has 0 spiro atoms. The van der Waals surface area contributed by atoms with Gasteiger partial charge in [-0.15, -0.1) is 0 Å². The number of carbonyl (C=O) groups is 6. The number of primary amides is 2. The van der Waals surface area contributed by atoms with Gasteiger partial charge in [0.05, 0.1) is 18.6 Å². The second-order valence-corrected chi connectivity index (χ2v) is 8.24. The third-order valence-electron chi connectivity index (χ3n) is 4.36. The highest BCUT2D eigenvalue weighted by atomic mass is 32.2. The van der Waals surface area contributed by atoms with Crippen molar-refractivity contribution in [2.45, 2.75) is 62.9 Å². The van der Waals surface area contributed by atoms with Crippen LogP contribution in [0.5, 0.6) is 0 Å². The Morgan fingerprint density at radius 3 is 1.91 bits per heavy atom. The summed E-state index contributed by atoms with van der Waals surface area (Å²) >= 11 is 1.46. The largest absolute Gasteiger partial charge is 0.480 e. The predicted molar refractivity (Wildman–Crippen MR) is 118 cm³/mol. The monoisotopic (exact) mass is 492 g/mol. The molecule has 5 amide bonds. The Kier molecular flexibility index (Phi) is 13.7. The Hall–Kier alpha value is -2.91. The van der Waals surface area contributed by atoms with E-state index in [9.17, 15) is 39.0 Å². The molecule has 11 N–H and O–H groups in total. The Bertz CT molecular complexity index is 735. The van der Waals surface area contributed by atoms with Gasteiger partial charge < -0.3 is 43.4 Å². The van der Waals surface area contributed by atoms with Crippen LogP contribution in [0.3, 0.4) is 0 Å². The van der Waals surface area contributed by atoms with Crippen molar-refractivity contribution in [3.8, 4) is 0 Å². The molecular weight excluding hydrogens is 460 g/mol. The molecule has 0 bridgehead atoms. The van der Waals surface area contributed by atoms with Gasteiger partial charge in [0.2, 0.25) is 29.5 Å². The van der Waals surface area contributed by atoms with Crippen LogP contribution in [0.15, 0.2) is 0 Å². The molecule has 0 aliphatic heterocycles.